The number of hydrogen-bond donors (Lipinski definition) is 2. The Labute approximate surface area is 125 Å². The van der Waals surface area contributed by atoms with Crippen molar-refractivity contribution in [2.24, 2.45) is 0 Å². The molecular formula is C16H25FN2O2. The highest BCUT2D eigenvalue weighted by Gasteiger charge is 2.34. The van der Waals surface area contributed by atoms with Gasteiger partial charge in [0.25, 0.3) is 0 Å². The number of benzene rings is 1. The number of halogens is 1. The molecule has 0 aromatic heterocycles. The smallest absolute Gasteiger partial charge is 0.146 e. The average molecular weight is 296 g/mol. The molecule has 1 aromatic carbocycles. The molecule has 2 rings (SSSR count). The van der Waals surface area contributed by atoms with Crippen LogP contribution in [0.2, 0.25) is 0 Å². The molecule has 1 aliphatic rings. The monoisotopic (exact) mass is 296 g/mol. The lowest BCUT2D eigenvalue weighted by atomic mass is 10.0. The van der Waals surface area contributed by atoms with Gasteiger partial charge in [0, 0.05) is 19.6 Å². The second-order valence-corrected chi connectivity index (χ2v) is 6.13. The van der Waals surface area contributed by atoms with E-state index in [1.54, 1.807) is 6.07 Å². The summed E-state index contributed by atoms with van der Waals surface area (Å²) in [4.78, 5) is 1.96. The molecule has 0 aliphatic carbocycles. The van der Waals surface area contributed by atoms with Crippen LogP contribution in [0.4, 0.5) is 10.1 Å². The standard InChI is InChI=1S/C16H25FN2O2/c1-4-18-8-12-5-6-15(14(17)7-12)19-9-13(10-20)21-16(2,3)11-19/h5-7,13,18,20H,4,8-11H2,1-3H3. The highest BCUT2D eigenvalue weighted by atomic mass is 19.1. The summed E-state index contributed by atoms with van der Waals surface area (Å²) in [6.45, 7) is 8.52. The summed E-state index contributed by atoms with van der Waals surface area (Å²) < 4.78 is 20.1. The minimum Gasteiger partial charge on any atom is -0.394 e. The van der Waals surface area contributed by atoms with E-state index in [9.17, 15) is 9.50 Å². The number of aliphatic hydroxyl groups excluding tert-OH is 1. The molecular weight excluding hydrogens is 271 g/mol. The summed E-state index contributed by atoms with van der Waals surface area (Å²) >= 11 is 0. The number of nitrogens with zero attached hydrogens (tertiary/aromatic N) is 1. The van der Waals surface area contributed by atoms with Gasteiger partial charge in [-0.2, -0.15) is 0 Å². The maximum absolute atomic E-state index is 14.4. The fourth-order valence-electron chi connectivity index (χ4n) is 2.76. The normalized spacial score (nSPS) is 21.6. The van der Waals surface area contributed by atoms with Crippen LogP contribution in [0.3, 0.4) is 0 Å². The second kappa shape index (κ2) is 6.73. The van der Waals surface area contributed by atoms with Crippen molar-refractivity contribution in [2.45, 2.75) is 39.0 Å². The number of aliphatic hydroxyl groups is 1. The SMILES string of the molecule is CCNCc1ccc(N2CC(CO)OC(C)(C)C2)c(F)c1. The lowest BCUT2D eigenvalue weighted by Crippen LogP contribution is -2.54. The van der Waals surface area contributed by atoms with Gasteiger partial charge in [-0.25, -0.2) is 4.39 Å². The molecule has 1 saturated heterocycles. The van der Waals surface area contributed by atoms with Crippen molar-refractivity contribution in [3.63, 3.8) is 0 Å². The first-order valence-corrected chi connectivity index (χ1v) is 7.48. The Morgan fingerprint density at radius 1 is 1.48 bits per heavy atom. The molecule has 1 unspecified atom stereocenters. The number of hydrogen-bond acceptors (Lipinski definition) is 4. The quantitative estimate of drug-likeness (QED) is 0.871. The maximum Gasteiger partial charge on any atom is 0.146 e. The first kappa shape index (κ1) is 16.2. The van der Waals surface area contributed by atoms with E-state index < -0.39 is 5.60 Å². The molecule has 5 heteroatoms. The molecule has 4 nitrogen and oxygen atoms in total. The van der Waals surface area contributed by atoms with Gasteiger partial charge < -0.3 is 20.1 Å². The third-order valence-electron chi connectivity index (χ3n) is 3.62. The largest absolute Gasteiger partial charge is 0.394 e. The van der Waals surface area contributed by atoms with E-state index in [0.29, 0.717) is 25.3 Å². The molecule has 0 radical (unpaired) electrons. The number of rotatable bonds is 5. The van der Waals surface area contributed by atoms with Crippen LogP contribution in [0.1, 0.15) is 26.3 Å². The van der Waals surface area contributed by atoms with Crippen LogP contribution in [-0.4, -0.2) is 43.1 Å². The Morgan fingerprint density at radius 3 is 2.86 bits per heavy atom. The van der Waals surface area contributed by atoms with E-state index in [-0.39, 0.29) is 18.5 Å². The van der Waals surface area contributed by atoms with Gasteiger partial charge >= 0.3 is 0 Å². The molecule has 0 saturated carbocycles. The molecule has 0 bridgehead atoms. The van der Waals surface area contributed by atoms with Crippen LogP contribution in [-0.2, 0) is 11.3 Å². The lowest BCUT2D eigenvalue weighted by Gasteiger charge is -2.43. The molecule has 1 aliphatic heterocycles. The fraction of sp³-hybridized carbons (Fsp3) is 0.625. The maximum atomic E-state index is 14.4. The van der Waals surface area contributed by atoms with Crippen LogP contribution in [0.5, 0.6) is 0 Å². The molecule has 0 amide bonds. The predicted molar refractivity (Wildman–Crippen MR) is 82.0 cm³/mol. The van der Waals surface area contributed by atoms with E-state index in [0.717, 1.165) is 12.1 Å². The minimum atomic E-state index is -0.402. The van der Waals surface area contributed by atoms with Crippen LogP contribution in [0.25, 0.3) is 0 Å². The summed E-state index contributed by atoms with van der Waals surface area (Å²) in [6, 6.07) is 5.34. The Hall–Kier alpha value is -1.17. The van der Waals surface area contributed by atoms with E-state index >= 15 is 0 Å². The summed E-state index contributed by atoms with van der Waals surface area (Å²) in [7, 11) is 0. The highest BCUT2D eigenvalue weighted by Crippen LogP contribution is 2.28. The van der Waals surface area contributed by atoms with Crippen molar-refractivity contribution < 1.29 is 14.2 Å². The third kappa shape index (κ3) is 4.15. The number of morpholine rings is 1. The summed E-state index contributed by atoms with van der Waals surface area (Å²) in [5.74, 6) is -0.222. The molecule has 1 heterocycles. The molecule has 21 heavy (non-hydrogen) atoms. The molecule has 1 fully saturated rings. The van der Waals surface area contributed by atoms with Gasteiger partial charge in [-0.15, -0.1) is 0 Å². The Balaban J connectivity index is 2.16. The second-order valence-electron chi connectivity index (χ2n) is 6.13. The average Bonchev–Trinajstić information content (AvgIpc) is 2.43. The number of ether oxygens (including phenoxy) is 1. The van der Waals surface area contributed by atoms with Crippen LogP contribution >= 0.6 is 0 Å². The Kier molecular flexibility index (Phi) is 5.19. The van der Waals surface area contributed by atoms with E-state index in [1.165, 1.54) is 0 Å². The van der Waals surface area contributed by atoms with E-state index in [2.05, 4.69) is 5.32 Å². The summed E-state index contributed by atoms with van der Waals surface area (Å²) in [5, 5.41) is 12.5. The van der Waals surface area contributed by atoms with Gasteiger partial charge in [0.1, 0.15) is 5.82 Å². The zero-order valence-electron chi connectivity index (χ0n) is 13.0. The van der Waals surface area contributed by atoms with Crippen molar-refractivity contribution in [2.75, 3.05) is 31.1 Å². The van der Waals surface area contributed by atoms with Gasteiger partial charge in [-0.3, -0.25) is 0 Å². The van der Waals surface area contributed by atoms with Crippen molar-refractivity contribution >= 4 is 5.69 Å². The van der Waals surface area contributed by atoms with Crippen molar-refractivity contribution in [3.8, 4) is 0 Å². The van der Waals surface area contributed by atoms with E-state index in [4.69, 9.17) is 4.74 Å². The van der Waals surface area contributed by atoms with Gasteiger partial charge in [-0.1, -0.05) is 13.0 Å². The van der Waals surface area contributed by atoms with Gasteiger partial charge in [0.05, 0.1) is 24.0 Å². The zero-order chi connectivity index (χ0) is 15.5. The first-order valence-electron chi connectivity index (χ1n) is 7.48. The van der Waals surface area contributed by atoms with Crippen molar-refractivity contribution in [1.29, 1.82) is 0 Å². The Bertz CT molecular complexity index is 479. The van der Waals surface area contributed by atoms with Crippen LogP contribution in [0.15, 0.2) is 18.2 Å². The minimum absolute atomic E-state index is 0.0555. The number of nitrogens with one attached hydrogen (secondary N) is 1. The molecule has 1 aromatic rings. The molecule has 118 valence electrons. The van der Waals surface area contributed by atoms with Gasteiger partial charge in [0.2, 0.25) is 0 Å². The summed E-state index contributed by atoms with van der Waals surface area (Å²) in [5.41, 5.74) is 1.11. The van der Waals surface area contributed by atoms with Crippen LogP contribution in [0, 0.1) is 5.82 Å². The number of anilines is 1. The third-order valence-corrected chi connectivity index (χ3v) is 3.62. The van der Waals surface area contributed by atoms with Crippen LogP contribution < -0.4 is 10.2 Å². The molecule has 1 atom stereocenters. The van der Waals surface area contributed by atoms with Gasteiger partial charge in [0.15, 0.2) is 0 Å². The zero-order valence-corrected chi connectivity index (χ0v) is 13.0. The predicted octanol–water partition coefficient (Wildman–Crippen LogP) is 1.91. The van der Waals surface area contributed by atoms with E-state index in [1.807, 2.05) is 37.8 Å². The molecule has 0 spiro atoms. The summed E-state index contributed by atoms with van der Waals surface area (Å²) in [6.07, 6.45) is -0.283. The van der Waals surface area contributed by atoms with Gasteiger partial charge in [-0.05, 0) is 38.1 Å². The lowest BCUT2D eigenvalue weighted by molar-refractivity contribution is -0.101. The van der Waals surface area contributed by atoms with Crippen molar-refractivity contribution in [3.05, 3.63) is 29.6 Å². The molecule has 2 N–H and O–H groups in total. The topological polar surface area (TPSA) is 44.7 Å². The van der Waals surface area contributed by atoms with Crippen molar-refractivity contribution in [1.82, 2.24) is 5.32 Å². The fourth-order valence-corrected chi connectivity index (χ4v) is 2.76. The Morgan fingerprint density at radius 2 is 2.24 bits per heavy atom. The first-order chi connectivity index (χ1) is 9.95. The highest BCUT2D eigenvalue weighted by molar-refractivity contribution is 5.50.